The summed E-state index contributed by atoms with van der Waals surface area (Å²) in [4.78, 5) is 19.8. The van der Waals surface area contributed by atoms with E-state index in [0.29, 0.717) is 12.2 Å². The van der Waals surface area contributed by atoms with Crippen LogP contribution < -0.4 is 0 Å². The van der Waals surface area contributed by atoms with Gasteiger partial charge < -0.3 is 0 Å². The zero-order chi connectivity index (χ0) is 12.9. The molecular formula is C13H22N2OS. The standard InChI is InChI=1S/C13H22N2OS/c1-5-13(4,15(6-2)7-3)12(16)8-11-9-14-10-17-11/h9-10H,5-8H2,1-4H3. The first-order valence-electron chi connectivity index (χ1n) is 6.24. The number of carbonyl (C=O) groups is 1. The number of Topliss-reactive ketones (excluding diaryl/α,β-unsaturated/α-hetero) is 1. The Morgan fingerprint density at radius 1 is 1.41 bits per heavy atom. The Morgan fingerprint density at radius 3 is 2.47 bits per heavy atom. The summed E-state index contributed by atoms with van der Waals surface area (Å²) in [6.07, 6.45) is 3.15. The fourth-order valence-electron chi connectivity index (χ4n) is 2.20. The summed E-state index contributed by atoms with van der Waals surface area (Å²) in [6, 6.07) is 0. The molecule has 0 saturated carbocycles. The molecule has 1 heterocycles. The van der Waals surface area contributed by atoms with Crippen molar-refractivity contribution >= 4 is 17.1 Å². The van der Waals surface area contributed by atoms with Gasteiger partial charge in [-0.05, 0) is 26.4 Å². The van der Waals surface area contributed by atoms with Gasteiger partial charge in [0.1, 0.15) is 0 Å². The average Bonchev–Trinajstić information content (AvgIpc) is 2.82. The van der Waals surface area contributed by atoms with Crippen LogP contribution in [0.3, 0.4) is 0 Å². The zero-order valence-electron chi connectivity index (χ0n) is 11.2. The number of hydrogen-bond acceptors (Lipinski definition) is 4. The molecular weight excluding hydrogens is 232 g/mol. The van der Waals surface area contributed by atoms with E-state index in [1.165, 1.54) is 0 Å². The number of aromatic nitrogens is 1. The summed E-state index contributed by atoms with van der Waals surface area (Å²) in [6.45, 7) is 10.2. The number of hydrogen-bond donors (Lipinski definition) is 0. The third-order valence-corrected chi connectivity index (χ3v) is 4.35. The Labute approximate surface area is 108 Å². The first-order chi connectivity index (χ1) is 8.08. The fourth-order valence-corrected chi connectivity index (χ4v) is 2.79. The number of likely N-dealkylation sites (N-methyl/N-ethyl adjacent to an activating group) is 1. The van der Waals surface area contributed by atoms with Crippen LogP contribution in [0.4, 0.5) is 0 Å². The van der Waals surface area contributed by atoms with E-state index in [2.05, 4.69) is 37.6 Å². The van der Waals surface area contributed by atoms with Gasteiger partial charge in [-0.2, -0.15) is 0 Å². The molecule has 1 unspecified atom stereocenters. The minimum absolute atomic E-state index is 0.299. The lowest BCUT2D eigenvalue weighted by molar-refractivity contribution is -0.129. The molecule has 0 fully saturated rings. The second-order valence-corrected chi connectivity index (χ2v) is 5.34. The monoisotopic (exact) mass is 254 g/mol. The molecule has 3 nitrogen and oxygen atoms in total. The number of nitrogens with zero attached hydrogens (tertiary/aromatic N) is 2. The summed E-state index contributed by atoms with van der Waals surface area (Å²) in [7, 11) is 0. The first-order valence-corrected chi connectivity index (χ1v) is 7.12. The lowest BCUT2D eigenvalue weighted by Crippen LogP contribution is -2.52. The zero-order valence-corrected chi connectivity index (χ0v) is 12.0. The predicted molar refractivity (Wildman–Crippen MR) is 72.4 cm³/mol. The van der Waals surface area contributed by atoms with Gasteiger partial charge in [-0.15, -0.1) is 11.3 Å². The molecule has 1 rings (SSSR count). The SMILES string of the molecule is CCN(CC)C(C)(CC)C(=O)Cc1cncs1. The van der Waals surface area contributed by atoms with Gasteiger partial charge in [0.15, 0.2) is 5.78 Å². The predicted octanol–water partition coefficient (Wildman–Crippen LogP) is 2.77. The van der Waals surface area contributed by atoms with Gasteiger partial charge in [0.2, 0.25) is 0 Å². The molecule has 0 aliphatic heterocycles. The van der Waals surface area contributed by atoms with Gasteiger partial charge in [0.25, 0.3) is 0 Å². The fraction of sp³-hybridized carbons (Fsp3) is 0.692. The summed E-state index contributed by atoms with van der Waals surface area (Å²) >= 11 is 1.55. The van der Waals surface area contributed by atoms with Gasteiger partial charge in [-0.1, -0.05) is 20.8 Å². The molecule has 0 bridgehead atoms. The average molecular weight is 254 g/mol. The van der Waals surface area contributed by atoms with Gasteiger partial charge in [0.05, 0.1) is 11.0 Å². The van der Waals surface area contributed by atoms with E-state index in [1.807, 2.05) is 0 Å². The summed E-state index contributed by atoms with van der Waals surface area (Å²) in [5, 5.41) is 0. The maximum Gasteiger partial charge on any atom is 0.158 e. The van der Waals surface area contributed by atoms with Crippen molar-refractivity contribution in [3.63, 3.8) is 0 Å². The molecule has 0 aliphatic carbocycles. The Kier molecular flexibility index (Phi) is 5.28. The van der Waals surface area contributed by atoms with Crippen LogP contribution in [0.1, 0.15) is 39.0 Å². The summed E-state index contributed by atoms with van der Waals surface area (Å²) < 4.78 is 0. The van der Waals surface area contributed by atoms with Crippen LogP contribution in [-0.4, -0.2) is 34.3 Å². The smallest absolute Gasteiger partial charge is 0.158 e. The molecule has 1 aromatic rings. The third-order valence-electron chi connectivity index (χ3n) is 3.57. The Bertz CT molecular complexity index is 346. The van der Waals surface area contributed by atoms with Crippen molar-refractivity contribution < 1.29 is 4.79 Å². The van der Waals surface area contributed by atoms with Crippen LogP contribution in [0, 0.1) is 0 Å². The molecule has 0 aromatic carbocycles. The van der Waals surface area contributed by atoms with Crippen LogP contribution in [0.5, 0.6) is 0 Å². The van der Waals surface area contributed by atoms with E-state index in [1.54, 1.807) is 23.0 Å². The molecule has 1 atom stereocenters. The highest BCUT2D eigenvalue weighted by Crippen LogP contribution is 2.23. The molecule has 0 aliphatic rings. The van der Waals surface area contributed by atoms with Crippen molar-refractivity contribution in [2.24, 2.45) is 0 Å². The van der Waals surface area contributed by atoms with Gasteiger partial charge >= 0.3 is 0 Å². The number of thiazole rings is 1. The molecule has 0 radical (unpaired) electrons. The van der Waals surface area contributed by atoms with Crippen LogP contribution in [0.25, 0.3) is 0 Å². The highest BCUT2D eigenvalue weighted by Gasteiger charge is 2.35. The van der Waals surface area contributed by atoms with Crippen molar-refractivity contribution in [3.05, 3.63) is 16.6 Å². The van der Waals surface area contributed by atoms with E-state index < -0.39 is 0 Å². The molecule has 4 heteroatoms. The largest absolute Gasteiger partial charge is 0.297 e. The van der Waals surface area contributed by atoms with Crippen LogP contribution >= 0.6 is 11.3 Å². The van der Waals surface area contributed by atoms with E-state index in [-0.39, 0.29) is 5.54 Å². The van der Waals surface area contributed by atoms with Crippen LogP contribution in [-0.2, 0) is 11.2 Å². The van der Waals surface area contributed by atoms with Crippen LogP contribution in [0.15, 0.2) is 11.7 Å². The minimum atomic E-state index is -0.340. The topological polar surface area (TPSA) is 33.2 Å². The van der Waals surface area contributed by atoms with Gasteiger partial charge in [-0.3, -0.25) is 14.7 Å². The maximum absolute atomic E-state index is 12.5. The van der Waals surface area contributed by atoms with Crippen LogP contribution in [0.2, 0.25) is 0 Å². The Hall–Kier alpha value is -0.740. The Morgan fingerprint density at radius 2 is 2.06 bits per heavy atom. The lowest BCUT2D eigenvalue weighted by Gasteiger charge is -2.38. The molecule has 0 N–H and O–H groups in total. The molecule has 1 aromatic heterocycles. The van der Waals surface area contributed by atoms with Crippen molar-refractivity contribution in [2.45, 2.75) is 46.1 Å². The first kappa shape index (κ1) is 14.3. The van der Waals surface area contributed by atoms with Crippen molar-refractivity contribution in [2.75, 3.05) is 13.1 Å². The third kappa shape index (κ3) is 3.13. The number of ketones is 1. The minimum Gasteiger partial charge on any atom is -0.297 e. The molecule has 96 valence electrons. The quantitative estimate of drug-likeness (QED) is 0.750. The highest BCUT2D eigenvalue weighted by atomic mass is 32.1. The highest BCUT2D eigenvalue weighted by molar-refractivity contribution is 7.09. The van der Waals surface area contributed by atoms with E-state index in [0.717, 1.165) is 24.4 Å². The Balaban J connectivity index is 2.81. The second-order valence-electron chi connectivity index (χ2n) is 4.37. The number of carbonyl (C=O) groups excluding carboxylic acids is 1. The number of rotatable bonds is 7. The van der Waals surface area contributed by atoms with E-state index in [9.17, 15) is 4.79 Å². The summed E-state index contributed by atoms with van der Waals surface area (Å²) in [5.41, 5.74) is 1.44. The normalized spacial score (nSPS) is 14.9. The van der Waals surface area contributed by atoms with Crippen molar-refractivity contribution in [1.82, 2.24) is 9.88 Å². The van der Waals surface area contributed by atoms with E-state index in [4.69, 9.17) is 0 Å². The summed E-state index contributed by atoms with van der Waals surface area (Å²) in [5.74, 6) is 0.299. The lowest BCUT2D eigenvalue weighted by atomic mass is 9.88. The van der Waals surface area contributed by atoms with Crippen molar-refractivity contribution in [1.29, 1.82) is 0 Å². The molecule has 0 amide bonds. The molecule has 0 spiro atoms. The molecule has 0 saturated heterocycles. The van der Waals surface area contributed by atoms with Gasteiger partial charge in [-0.25, -0.2) is 0 Å². The maximum atomic E-state index is 12.5. The van der Waals surface area contributed by atoms with Crippen molar-refractivity contribution in [3.8, 4) is 0 Å². The van der Waals surface area contributed by atoms with E-state index >= 15 is 0 Å². The molecule has 17 heavy (non-hydrogen) atoms. The second kappa shape index (κ2) is 6.26. The van der Waals surface area contributed by atoms with Gasteiger partial charge in [0, 0.05) is 17.5 Å².